The van der Waals surface area contributed by atoms with Crippen molar-refractivity contribution in [2.45, 2.75) is 44.2 Å². The van der Waals surface area contributed by atoms with E-state index in [0.29, 0.717) is 30.6 Å². The third-order valence-electron chi connectivity index (χ3n) is 4.06. The molecule has 3 rings (SSSR count). The molecule has 1 aromatic carbocycles. The molecule has 0 spiro atoms. The van der Waals surface area contributed by atoms with E-state index in [4.69, 9.17) is 0 Å². The van der Waals surface area contributed by atoms with Crippen molar-refractivity contribution >= 4 is 21.6 Å². The third-order valence-corrected chi connectivity index (χ3v) is 5.74. The number of nitrogens with zero attached hydrogens (tertiary/aromatic N) is 2. The van der Waals surface area contributed by atoms with E-state index in [-0.39, 0.29) is 16.8 Å². The minimum atomic E-state index is -3.61. The lowest BCUT2D eigenvalue weighted by atomic mass is 10.1. The van der Waals surface area contributed by atoms with Crippen LogP contribution in [0.3, 0.4) is 0 Å². The van der Waals surface area contributed by atoms with E-state index in [0.717, 1.165) is 5.69 Å². The SMILES string of the molecule is CC(=O)Nc1ccc(S(=O)(=O)N[C@@H]2CCn3nccc3C2)c(C)c1. The molecule has 0 bridgehead atoms. The summed E-state index contributed by atoms with van der Waals surface area (Å²) < 4.78 is 30.1. The summed E-state index contributed by atoms with van der Waals surface area (Å²) in [5.41, 5.74) is 2.21. The van der Waals surface area contributed by atoms with Gasteiger partial charge in [-0.15, -0.1) is 0 Å². The second kappa shape index (κ2) is 6.37. The van der Waals surface area contributed by atoms with Gasteiger partial charge >= 0.3 is 0 Å². The standard InChI is InChI=1S/C16H20N4O3S/c1-11-9-13(18-12(2)21)3-4-16(11)24(22,23)19-14-6-8-20-15(10-14)5-7-17-20/h3-5,7,9,14,19H,6,8,10H2,1-2H3,(H,18,21)/t14-/m1/s1. The summed E-state index contributed by atoms with van der Waals surface area (Å²) in [6.07, 6.45) is 3.07. The van der Waals surface area contributed by atoms with E-state index in [1.807, 2.05) is 10.7 Å². The number of rotatable bonds is 4. The summed E-state index contributed by atoms with van der Waals surface area (Å²) in [5.74, 6) is -0.193. The Morgan fingerprint density at radius 3 is 2.83 bits per heavy atom. The Labute approximate surface area is 141 Å². The van der Waals surface area contributed by atoms with Crippen molar-refractivity contribution in [2.75, 3.05) is 5.32 Å². The second-order valence-corrected chi connectivity index (χ2v) is 7.70. The first-order valence-corrected chi connectivity index (χ1v) is 9.25. The Morgan fingerprint density at radius 2 is 2.12 bits per heavy atom. The average molecular weight is 348 g/mol. The average Bonchev–Trinajstić information content (AvgIpc) is 2.93. The maximum Gasteiger partial charge on any atom is 0.241 e. The van der Waals surface area contributed by atoms with Gasteiger partial charge in [-0.2, -0.15) is 5.10 Å². The van der Waals surface area contributed by atoms with Gasteiger partial charge in [0.25, 0.3) is 0 Å². The molecule has 2 aromatic rings. The number of aromatic nitrogens is 2. The Kier molecular flexibility index (Phi) is 4.42. The van der Waals surface area contributed by atoms with Gasteiger partial charge in [0.2, 0.25) is 15.9 Å². The van der Waals surface area contributed by atoms with Crippen molar-refractivity contribution in [3.05, 3.63) is 41.7 Å². The molecule has 0 saturated carbocycles. The number of fused-ring (bicyclic) bond motifs is 1. The Hall–Kier alpha value is -2.19. The third kappa shape index (κ3) is 3.49. The van der Waals surface area contributed by atoms with Gasteiger partial charge in [0.1, 0.15) is 0 Å². The molecule has 0 unspecified atom stereocenters. The van der Waals surface area contributed by atoms with Crippen LogP contribution in [0.2, 0.25) is 0 Å². The zero-order valence-electron chi connectivity index (χ0n) is 13.6. The molecular weight excluding hydrogens is 328 g/mol. The summed E-state index contributed by atoms with van der Waals surface area (Å²) in [6, 6.07) is 6.54. The van der Waals surface area contributed by atoms with Gasteiger partial charge in [0.15, 0.2) is 0 Å². The minimum Gasteiger partial charge on any atom is -0.326 e. The van der Waals surface area contributed by atoms with Crippen LogP contribution in [0.25, 0.3) is 0 Å². The van der Waals surface area contributed by atoms with E-state index in [2.05, 4.69) is 15.1 Å². The van der Waals surface area contributed by atoms with E-state index < -0.39 is 10.0 Å². The lowest BCUT2D eigenvalue weighted by molar-refractivity contribution is -0.114. The summed E-state index contributed by atoms with van der Waals surface area (Å²) in [4.78, 5) is 11.3. The van der Waals surface area contributed by atoms with Gasteiger partial charge in [-0.05, 0) is 43.2 Å². The fraction of sp³-hybridized carbons (Fsp3) is 0.375. The highest BCUT2D eigenvalue weighted by Crippen LogP contribution is 2.22. The van der Waals surface area contributed by atoms with Crippen molar-refractivity contribution in [1.82, 2.24) is 14.5 Å². The number of hydrogen-bond acceptors (Lipinski definition) is 4. The van der Waals surface area contributed by atoms with E-state index in [9.17, 15) is 13.2 Å². The number of carbonyl (C=O) groups excluding carboxylic acids is 1. The molecule has 7 nitrogen and oxygen atoms in total. The molecule has 128 valence electrons. The Morgan fingerprint density at radius 1 is 1.33 bits per heavy atom. The lowest BCUT2D eigenvalue weighted by Crippen LogP contribution is -2.40. The molecule has 1 aromatic heterocycles. The van der Waals surface area contributed by atoms with Crippen LogP contribution >= 0.6 is 0 Å². The number of benzene rings is 1. The molecule has 1 aliphatic rings. The summed E-state index contributed by atoms with van der Waals surface area (Å²) in [6.45, 7) is 3.83. The zero-order chi connectivity index (χ0) is 17.3. The molecular formula is C16H20N4O3S. The van der Waals surface area contributed by atoms with Crippen LogP contribution in [0, 0.1) is 6.92 Å². The van der Waals surface area contributed by atoms with E-state index >= 15 is 0 Å². The monoisotopic (exact) mass is 348 g/mol. The topological polar surface area (TPSA) is 93.1 Å². The molecule has 1 aliphatic heterocycles. The molecule has 1 amide bonds. The van der Waals surface area contributed by atoms with Crippen molar-refractivity contribution in [3.63, 3.8) is 0 Å². The highest BCUT2D eigenvalue weighted by atomic mass is 32.2. The molecule has 0 fully saturated rings. The molecule has 0 aliphatic carbocycles. The summed E-state index contributed by atoms with van der Waals surface area (Å²) >= 11 is 0. The smallest absolute Gasteiger partial charge is 0.241 e. The Balaban J connectivity index is 1.77. The van der Waals surface area contributed by atoms with Crippen molar-refractivity contribution < 1.29 is 13.2 Å². The molecule has 0 radical (unpaired) electrons. The van der Waals surface area contributed by atoms with Crippen LogP contribution in [0.1, 0.15) is 24.6 Å². The van der Waals surface area contributed by atoms with Gasteiger partial charge in [0, 0.05) is 43.5 Å². The highest BCUT2D eigenvalue weighted by Gasteiger charge is 2.25. The minimum absolute atomic E-state index is 0.145. The number of anilines is 1. The van der Waals surface area contributed by atoms with Crippen molar-refractivity contribution in [1.29, 1.82) is 0 Å². The first-order valence-electron chi connectivity index (χ1n) is 7.76. The lowest BCUT2D eigenvalue weighted by Gasteiger charge is -2.24. The van der Waals surface area contributed by atoms with Gasteiger partial charge in [0.05, 0.1) is 4.90 Å². The Bertz CT molecular complexity index is 873. The predicted molar refractivity (Wildman–Crippen MR) is 90.1 cm³/mol. The molecule has 1 atom stereocenters. The zero-order valence-corrected chi connectivity index (χ0v) is 14.4. The molecule has 2 N–H and O–H groups in total. The van der Waals surface area contributed by atoms with Crippen molar-refractivity contribution in [3.8, 4) is 0 Å². The largest absolute Gasteiger partial charge is 0.326 e. The maximum absolute atomic E-state index is 12.7. The first kappa shape index (κ1) is 16.7. The normalized spacial score (nSPS) is 17.3. The van der Waals surface area contributed by atoms with Crippen LogP contribution in [0.15, 0.2) is 35.4 Å². The van der Waals surface area contributed by atoms with Gasteiger partial charge in [-0.1, -0.05) is 0 Å². The van der Waals surface area contributed by atoms with Gasteiger partial charge in [-0.25, -0.2) is 13.1 Å². The van der Waals surface area contributed by atoms with Crippen LogP contribution in [0.4, 0.5) is 5.69 Å². The predicted octanol–water partition coefficient (Wildman–Crippen LogP) is 1.44. The van der Waals surface area contributed by atoms with E-state index in [1.165, 1.54) is 13.0 Å². The summed E-state index contributed by atoms with van der Waals surface area (Å²) in [5, 5.41) is 6.85. The number of aryl methyl sites for hydroxylation is 2. The number of hydrogen-bond donors (Lipinski definition) is 2. The number of nitrogens with one attached hydrogen (secondary N) is 2. The van der Waals surface area contributed by atoms with Crippen molar-refractivity contribution in [2.24, 2.45) is 0 Å². The quantitative estimate of drug-likeness (QED) is 0.874. The van der Waals surface area contributed by atoms with E-state index in [1.54, 1.807) is 25.3 Å². The highest BCUT2D eigenvalue weighted by molar-refractivity contribution is 7.89. The molecule has 8 heteroatoms. The molecule has 2 heterocycles. The van der Waals surface area contributed by atoms with Gasteiger partial charge in [-0.3, -0.25) is 9.48 Å². The number of amides is 1. The van der Waals surface area contributed by atoms with Crippen LogP contribution in [-0.4, -0.2) is 30.1 Å². The van der Waals surface area contributed by atoms with Gasteiger partial charge < -0.3 is 5.32 Å². The second-order valence-electron chi connectivity index (χ2n) is 6.02. The number of sulfonamides is 1. The molecule has 0 saturated heterocycles. The fourth-order valence-corrected chi connectivity index (χ4v) is 4.48. The fourth-order valence-electron chi connectivity index (χ4n) is 2.98. The maximum atomic E-state index is 12.7. The van der Waals surface area contributed by atoms with Crippen LogP contribution in [-0.2, 0) is 27.8 Å². The number of carbonyl (C=O) groups is 1. The van der Waals surface area contributed by atoms with Crippen LogP contribution < -0.4 is 10.0 Å². The summed E-state index contributed by atoms with van der Waals surface area (Å²) in [7, 11) is -3.61. The van der Waals surface area contributed by atoms with Crippen LogP contribution in [0.5, 0.6) is 0 Å². The molecule has 24 heavy (non-hydrogen) atoms. The first-order chi connectivity index (χ1) is 11.3.